The lowest BCUT2D eigenvalue weighted by Gasteiger charge is -2.57. The molecule has 2 fully saturated rings. The van der Waals surface area contributed by atoms with Gasteiger partial charge >= 0.3 is 0 Å². The number of hydrogen-bond donors (Lipinski definition) is 1. The average Bonchev–Trinajstić information content (AvgIpc) is 2.42. The maximum absolute atomic E-state index is 10.6. The van der Waals surface area contributed by atoms with Crippen LogP contribution in [0.15, 0.2) is 12.7 Å². The summed E-state index contributed by atoms with van der Waals surface area (Å²) in [5, 5.41) is 10.6. The van der Waals surface area contributed by atoms with Crippen LogP contribution in [0.4, 0.5) is 0 Å². The fourth-order valence-electron chi connectivity index (χ4n) is 4.59. The second-order valence-electron chi connectivity index (χ2n) is 6.85. The van der Waals surface area contributed by atoms with Crippen LogP contribution in [0.3, 0.4) is 0 Å². The molecule has 2 aliphatic rings. The van der Waals surface area contributed by atoms with Gasteiger partial charge < -0.3 is 5.11 Å². The van der Waals surface area contributed by atoms with Gasteiger partial charge in [-0.15, -0.1) is 6.58 Å². The second kappa shape index (κ2) is 3.35. The maximum atomic E-state index is 10.6. The summed E-state index contributed by atoms with van der Waals surface area (Å²) in [5.41, 5.74) is 0.0596. The predicted molar refractivity (Wildman–Crippen MR) is 68.2 cm³/mol. The Balaban J connectivity index is 2.46. The zero-order valence-electron chi connectivity index (χ0n) is 11.2. The maximum Gasteiger partial charge on any atom is 0.0687 e. The molecular weight excluding hydrogens is 196 g/mol. The quantitative estimate of drug-likeness (QED) is 0.669. The van der Waals surface area contributed by atoms with Crippen molar-refractivity contribution in [3.63, 3.8) is 0 Å². The van der Waals surface area contributed by atoms with Crippen molar-refractivity contribution < 1.29 is 5.11 Å². The number of hydrogen-bond acceptors (Lipinski definition) is 1. The van der Waals surface area contributed by atoms with Crippen LogP contribution >= 0.6 is 0 Å². The Morgan fingerprint density at radius 2 is 1.75 bits per heavy atom. The zero-order valence-corrected chi connectivity index (χ0v) is 11.2. The van der Waals surface area contributed by atoms with Gasteiger partial charge in [0.25, 0.3) is 0 Å². The predicted octanol–water partition coefficient (Wildman–Crippen LogP) is 3.78. The van der Waals surface area contributed by atoms with Gasteiger partial charge in [0.05, 0.1) is 5.60 Å². The Morgan fingerprint density at radius 1 is 1.12 bits per heavy atom. The lowest BCUT2D eigenvalue weighted by atomic mass is 9.49. The molecule has 0 spiro atoms. The SMILES string of the molecule is C=CC1C(C)(O)CCC2(C)C(C)CCC12C. The summed E-state index contributed by atoms with van der Waals surface area (Å²) in [6.45, 7) is 13.2. The van der Waals surface area contributed by atoms with Crippen LogP contribution in [0, 0.1) is 22.7 Å². The van der Waals surface area contributed by atoms with Crippen LogP contribution in [0.2, 0.25) is 0 Å². The highest BCUT2D eigenvalue weighted by atomic mass is 16.3. The first-order valence-corrected chi connectivity index (χ1v) is 6.63. The molecule has 92 valence electrons. The highest BCUT2D eigenvalue weighted by Crippen LogP contribution is 2.67. The van der Waals surface area contributed by atoms with Crippen LogP contribution in [0.25, 0.3) is 0 Å². The van der Waals surface area contributed by atoms with Gasteiger partial charge in [-0.2, -0.15) is 0 Å². The summed E-state index contributed by atoms with van der Waals surface area (Å²) in [7, 11) is 0. The third kappa shape index (κ3) is 1.27. The van der Waals surface area contributed by atoms with Gasteiger partial charge in [0.15, 0.2) is 0 Å². The molecule has 0 aliphatic heterocycles. The summed E-state index contributed by atoms with van der Waals surface area (Å²) in [5.74, 6) is 1.01. The van der Waals surface area contributed by atoms with E-state index in [1.54, 1.807) is 0 Å². The topological polar surface area (TPSA) is 20.2 Å². The van der Waals surface area contributed by atoms with Crippen molar-refractivity contribution in [1.29, 1.82) is 0 Å². The Hall–Kier alpha value is -0.300. The Kier molecular flexibility index (Phi) is 2.55. The van der Waals surface area contributed by atoms with E-state index in [9.17, 15) is 5.11 Å². The Labute approximate surface area is 99.9 Å². The summed E-state index contributed by atoms with van der Waals surface area (Å²) in [4.78, 5) is 0. The van der Waals surface area contributed by atoms with Gasteiger partial charge in [-0.25, -0.2) is 0 Å². The lowest BCUT2D eigenvalue weighted by molar-refractivity contribution is -0.134. The molecule has 0 aromatic heterocycles. The summed E-state index contributed by atoms with van der Waals surface area (Å²) < 4.78 is 0. The van der Waals surface area contributed by atoms with E-state index in [1.807, 2.05) is 13.0 Å². The van der Waals surface area contributed by atoms with Gasteiger partial charge in [-0.1, -0.05) is 26.8 Å². The number of fused-ring (bicyclic) bond motifs is 1. The normalized spacial score (nSPS) is 57.1. The van der Waals surface area contributed by atoms with Crippen LogP contribution in [0.5, 0.6) is 0 Å². The first-order valence-electron chi connectivity index (χ1n) is 6.63. The molecule has 1 N–H and O–H groups in total. The molecule has 2 saturated carbocycles. The van der Waals surface area contributed by atoms with Crippen molar-refractivity contribution in [3.05, 3.63) is 12.7 Å². The molecule has 2 aliphatic carbocycles. The van der Waals surface area contributed by atoms with Crippen molar-refractivity contribution in [1.82, 2.24) is 0 Å². The van der Waals surface area contributed by atoms with E-state index < -0.39 is 5.60 Å². The van der Waals surface area contributed by atoms with Gasteiger partial charge in [0, 0.05) is 5.92 Å². The standard InChI is InChI=1S/C15H26O/c1-6-12-14(4)8-7-11(2)13(14,3)9-10-15(12,5)16/h6,11-12,16H,1,7-10H2,2-5H3. The minimum absolute atomic E-state index is 0.232. The lowest BCUT2D eigenvalue weighted by Crippen LogP contribution is -2.55. The second-order valence-corrected chi connectivity index (χ2v) is 6.85. The van der Waals surface area contributed by atoms with E-state index in [-0.39, 0.29) is 11.3 Å². The molecule has 2 rings (SSSR count). The molecule has 0 amide bonds. The van der Waals surface area contributed by atoms with Gasteiger partial charge in [-0.05, 0) is 49.4 Å². The summed E-state index contributed by atoms with van der Waals surface area (Å²) in [6.07, 6.45) is 6.61. The third-order valence-corrected chi connectivity index (χ3v) is 6.23. The molecule has 0 saturated heterocycles. The van der Waals surface area contributed by atoms with Crippen molar-refractivity contribution in [2.24, 2.45) is 22.7 Å². The van der Waals surface area contributed by atoms with Crippen LogP contribution in [-0.2, 0) is 0 Å². The van der Waals surface area contributed by atoms with E-state index in [0.717, 1.165) is 18.8 Å². The average molecular weight is 222 g/mol. The molecule has 5 atom stereocenters. The van der Waals surface area contributed by atoms with E-state index in [0.29, 0.717) is 5.41 Å². The largest absolute Gasteiger partial charge is 0.390 e. The van der Waals surface area contributed by atoms with Crippen LogP contribution in [-0.4, -0.2) is 10.7 Å². The molecule has 0 bridgehead atoms. The fraction of sp³-hybridized carbons (Fsp3) is 0.867. The van der Waals surface area contributed by atoms with Crippen LogP contribution in [0.1, 0.15) is 53.4 Å². The molecule has 0 aromatic carbocycles. The summed E-state index contributed by atoms with van der Waals surface area (Å²) >= 11 is 0. The van der Waals surface area contributed by atoms with Crippen molar-refractivity contribution in [2.75, 3.05) is 0 Å². The highest BCUT2D eigenvalue weighted by molar-refractivity contribution is 5.16. The fourth-order valence-corrected chi connectivity index (χ4v) is 4.59. The first-order chi connectivity index (χ1) is 7.28. The van der Waals surface area contributed by atoms with Crippen molar-refractivity contribution in [2.45, 2.75) is 59.0 Å². The molecule has 1 heteroatoms. The molecule has 0 heterocycles. The molecule has 1 nitrogen and oxygen atoms in total. The van der Waals surface area contributed by atoms with Gasteiger partial charge in [-0.3, -0.25) is 0 Å². The Morgan fingerprint density at radius 3 is 2.31 bits per heavy atom. The minimum Gasteiger partial charge on any atom is -0.390 e. The molecule has 16 heavy (non-hydrogen) atoms. The molecular formula is C15H26O. The van der Waals surface area contributed by atoms with Crippen molar-refractivity contribution in [3.8, 4) is 0 Å². The van der Waals surface area contributed by atoms with Crippen molar-refractivity contribution >= 4 is 0 Å². The van der Waals surface area contributed by atoms with Crippen LogP contribution < -0.4 is 0 Å². The monoisotopic (exact) mass is 222 g/mol. The smallest absolute Gasteiger partial charge is 0.0687 e. The van der Waals surface area contributed by atoms with Gasteiger partial charge in [0.2, 0.25) is 0 Å². The highest BCUT2D eigenvalue weighted by Gasteiger charge is 2.61. The van der Waals surface area contributed by atoms with E-state index in [2.05, 4.69) is 27.4 Å². The summed E-state index contributed by atoms with van der Waals surface area (Å²) in [6, 6.07) is 0. The van der Waals surface area contributed by atoms with Gasteiger partial charge in [0.1, 0.15) is 0 Å². The van der Waals surface area contributed by atoms with E-state index >= 15 is 0 Å². The van der Waals surface area contributed by atoms with E-state index in [1.165, 1.54) is 12.8 Å². The minimum atomic E-state index is -0.555. The first kappa shape index (κ1) is 12.2. The molecule has 0 radical (unpaired) electrons. The molecule has 5 unspecified atom stereocenters. The third-order valence-electron chi connectivity index (χ3n) is 6.23. The Bertz CT molecular complexity index is 307. The van der Waals surface area contributed by atoms with E-state index in [4.69, 9.17) is 0 Å². The number of rotatable bonds is 1. The number of aliphatic hydroxyl groups is 1. The molecule has 0 aromatic rings. The zero-order chi connectivity index (χ0) is 12.2.